The van der Waals surface area contributed by atoms with Crippen LogP contribution in [0.15, 0.2) is 42.6 Å². The number of hydrogen-bond donors (Lipinski definition) is 2. The van der Waals surface area contributed by atoms with Crippen molar-refractivity contribution in [2.24, 2.45) is 12.9 Å². The summed E-state index contributed by atoms with van der Waals surface area (Å²) >= 11 is 0. The SMILES string of the molecule is Cc1cccnc1C(Cc1nn(C)c2ccccc12)NN. The van der Waals surface area contributed by atoms with Crippen molar-refractivity contribution in [2.75, 3.05) is 0 Å². The van der Waals surface area contributed by atoms with Crippen LogP contribution >= 0.6 is 0 Å². The second-order valence-corrected chi connectivity index (χ2v) is 5.22. The molecule has 21 heavy (non-hydrogen) atoms. The predicted molar refractivity (Wildman–Crippen MR) is 83.5 cm³/mol. The number of rotatable bonds is 4. The molecule has 1 unspecified atom stereocenters. The molecule has 108 valence electrons. The molecule has 0 fully saturated rings. The molecule has 0 saturated heterocycles. The maximum atomic E-state index is 5.75. The zero-order valence-electron chi connectivity index (χ0n) is 12.2. The van der Waals surface area contributed by atoms with Crippen molar-refractivity contribution in [3.05, 3.63) is 59.5 Å². The Labute approximate surface area is 123 Å². The molecule has 5 heteroatoms. The van der Waals surface area contributed by atoms with Gasteiger partial charge in [0.2, 0.25) is 0 Å². The lowest BCUT2D eigenvalue weighted by molar-refractivity contribution is 0.527. The quantitative estimate of drug-likeness (QED) is 0.567. The second-order valence-electron chi connectivity index (χ2n) is 5.22. The fourth-order valence-electron chi connectivity index (χ4n) is 2.73. The van der Waals surface area contributed by atoms with E-state index in [4.69, 9.17) is 5.84 Å². The molecule has 0 radical (unpaired) electrons. The first-order valence-corrected chi connectivity index (χ1v) is 6.99. The van der Waals surface area contributed by atoms with E-state index in [1.165, 1.54) is 0 Å². The lowest BCUT2D eigenvalue weighted by Gasteiger charge is -2.16. The molecule has 0 aliphatic carbocycles. The summed E-state index contributed by atoms with van der Waals surface area (Å²) in [6, 6.07) is 12.1. The first-order chi connectivity index (χ1) is 10.2. The summed E-state index contributed by atoms with van der Waals surface area (Å²) in [4.78, 5) is 4.46. The maximum absolute atomic E-state index is 5.75. The Morgan fingerprint density at radius 1 is 1.24 bits per heavy atom. The molecule has 3 rings (SSSR count). The van der Waals surface area contributed by atoms with Gasteiger partial charge in [-0.05, 0) is 24.6 Å². The van der Waals surface area contributed by atoms with Gasteiger partial charge in [-0.15, -0.1) is 0 Å². The van der Waals surface area contributed by atoms with Crippen molar-refractivity contribution < 1.29 is 0 Å². The summed E-state index contributed by atoms with van der Waals surface area (Å²) in [6.07, 6.45) is 2.50. The average molecular weight is 281 g/mol. The third kappa shape index (κ3) is 2.53. The molecule has 0 amide bonds. The number of nitrogens with zero attached hydrogens (tertiary/aromatic N) is 3. The molecular weight excluding hydrogens is 262 g/mol. The lowest BCUT2D eigenvalue weighted by Crippen LogP contribution is -2.31. The van der Waals surface area contributed by atoms with Crippen LogP contribution in [0.3, 0.4) is 0 Å². The molecule has 3 aromatic rings. The molecule has 0 spiro atoms. The van der Waals surface area contributed by atoms with Crippen molar-refractivity contribution >= 4 is 10.9 Å². The van der Waals surface area contributed by atoms with E-state index in [9.17, 15) is 0 Å². The minimum absolute atomic E-state index is 0.0514. The maximum Gasteiger partial charge on any atom is 0.0723 e. The van der Waals surface area contributed by atoms with Gasteiger partial charge >= 0.3 is 0 Å². The molecule has 0 saturated carbocycles. The van der Waals surface area contributed by atoms with Gasteiger partial charge in [0.15, 0.2) is 0 Å². The minimum Gasteiger partial charge on any atom is -0.271 e. The highest BCUT2D eigenvalue weighted by atomic mass is 15.3. The monoisotopic (exact) mass is 281 g/mol. The van der Waals surface area contributed by atoms with Crippen molar-refractivity contribution in [1.29, 1.82) is 0 Å². The van der Waals surface area contributed by atoms with E-state index in [2.05, 4.69) is 27.6 Å². The van der Waals surface area contributed by atoms with Gasteiger partial charge in [-0.3, -0.25) is 20.9 Å². The Kier molecular flexibility index (Phi) is 3.68. The van der Waals surface area contributed by atoms with Gasteiger partial charge in [0.05, 0.1) is 22.9 Å². The number of pyridine rings is 1. The first-order valence-electron chi connectivity index (χ1n) is 6.99. The van der Waals surface area contributed by atoms with Crippen LogP contribution in [-0.2, 0) is 13.5 Å². The van der Waals surface area contributed by atoms with Crippen molar-refractivity contribution in [1.82, 2.24) is 20.2 Å². The van der Waals surface area contributed by atoms with Crippen LogP contribution in [0.5, 0.6) is 0 Å². The summed E-state index contributed by atoms with van der Waals surface area (Å²) in [7, 11) is 1.96. The van der Waals surface area contributed by atoms with Gasteiger partial charge in [0.25, 0.3) is 0 Å². The largest absolute Gasteiger partial charge is 0.271 e. The van der Waals surface area contributed by atoms with E-state index >= 15 is 0 Å². The van der Waals surface area contributed by atoms with Crippen LogP contribution in [0.4, 0.5) is 0 Å². The standard InChI is InChI=1S/C16H19N5/c1-11-6-5-9-18-16(11)14(19-17)10-13-12-7-3-4-8-15(12)21(2)20-13/h3-9,14,19H,10,17H2,1-2H3. The zero-order valence-corrected chi connectivity index (χ0v) is 12.2. The molecular formula is C16H19N5. The van der Waals surface area contributed by atoms with Gasteiger partial charge in [0, 0.05) is 25.1 Å². The second kappa shape index (κ2) is 5.63. The summed E-state index contributed by atoms with van der Waals surface area (Å²) in [6.45, 7) is 2.04. The van der Waals surface area contributed by atoms with Gasteiger partial charge in [-0.2, -0.15) is 5.10 Å². The Hall–Kier alpha value is -2.24. The van der Waals surface area contributed by atoms with Crippen molar-refractivity contribution in [3.63, 3.8) is 0 Å². The highest BCUT2D eigenvalue weighted by Gasteiger charge is 2.18. The van der Waals surface area contributed by atoms with E-state index in [-0.39, 0.29) is 6.04 Å². The van der Waals surface area contributed by atoms with Gasteiger partial charge in [-0.25, -0.2) is 0 Å². The van der Waals surface area contributed by atoms with Crippen LogP contribution < -0.4 is 11.3 Å². The average Bonchev–Trinajstić information content (AvgIpc) is 2.82. The number of nitrogens with two attached hydrogens (primary N) is 1. The van der Waals surface area contributed by atoms with E-state index in [1.807, 2.05) is 42.9 Å². The fourth-order valence-corrected chi connectivity index (χ4v) is 2.73. The zero-order chi connectivity index (χ0) is 14.8. The summed E-state index contributed by atoms with van der Waals surface area (Å²) in [5.41, 5.74) is 7.12. The molecule has 3 N–H and O–H groups in total. The number of aromatic nitrogens is 3. The van der Waals surface area contributed by atoms with Crippen molar-refractivity contribution in [2.45, 2.75) is 19.4 Å². The Morgan fingerprint density at radius 2 is 2.05 bits per heavy atom. The highest BCUT2D eigenvalue weighted by molar-refractivity contribution is 5.81. The van der Waals surface area contributed by atoms with E-state index in [0.29, 0.717) is 6.42 Å². The van der Waals surface area contributed by atoms with E-state index < -0.39 is 0 Å². The molecule has 2 aromatic heterocycles. The number of para-hydroxylation sites is 1. The number of aryl methyl sites for hydroxylation is 2. The molecule has 2 heterocycles. The third-order valence-electron chi connectivity index (χ3n) is 3.81. The van der Waals surface area contributed by atoms with Crippen LogP contribution in [-0.4, -0.2) is 14.8 Å². The number of hydrazine groups is 1. The lowest BCUT2D eigenvalue weighted by atomic mass is 10.0. The van der Waals surface area contributed by atoms with Crippen molar-refractivity contribution in [3.8, 4) is 0 Å². The van der Waals surface area contributed by atoms with Gasteiger partial charge in [-0.1, -0.05) is 24.3 Å². The molecule has 5 nitrogen and oxygen atoms in total. The fraction of sp³-hybridized carbons (Fsp3) is 0.250. The Morgan fingerprint density at radius 3 is 2.81 bits per heavy atom. The summed E-state index contributed by atoms with van der Waals surface area (Å²) in [5, 5.41) is 5.79. The highest BCUT2D eigenvalue weighted by Crippen LogP contribution is 2.23. The smallest absolute Gasteiger partial charge is 0.0723 e. The van der Waals surface area contributed by atoms with E-state index in [0.717, 1.165) is 27.9 Å². The number of fused-ring (bicyclic) bond motifs is 1. The summed E-state index contributed by atoms with van der Waals surface area (Å²) in [5.74, 6) is 5.75. The van der Waals surface area contributed by atoms with Crippen LogP contribution in [0.1, 0.15) is 23.0 Å². The molecule has 1 atom stereocenters. The Balaban J connectivity index is 1.99. The Bertz CT molecular complexity index is 762. The number of nitrogens with one attached hydrogen (secondary N) is 1. The molecule has 1 aromatic carbocycles. The molecule has 0 bridgehead atoms. The third-order valence-corrected chi connectivity index (χ3v) is 3.81. The van der Waals surface area contributed by atoms with Gasteiger partial charge in [0.1, 0.15) is 0 Å². The minimum atomic E-state index is -0.0514. The predicted octanol–water partition coefficient (Wildman–Crippen LogP) is 2.02. The van der Waals surface area contributed by atoms with Crippen LogP contribution in [0.2, 0.25) is 0 Å². The van der Waals surface area contributed by atoms with Gasteiger partial charge < -0.3 is 0 Å². The number of hydrogen-bond acceptors (Lipinski definition) is 4. The van der Waals surface area contributed by atoms with E-state index in [1.54, 1.807) is 6.20 Å². The van der Waals surface area contributed by atoms with Crippen LogP contribution in [0.25, 0.3) is 10.9 Å². The number of benzene rings is 1. The summed E-state index contributed by atoms with van der Waals surface area (Å²) < 4.78 is 1.91. The topological polar surface area (TPSA) is 68.8 Å². The normalized spacial score (nSPS) is 12.7. The molecule has 0 aliphatic rings. The molecule has 0 aliphatic heterocycles. The first kappa shape index (κ1) is 13.7. The van der Waals surface area contributed by atoms with Crippen LogP contribution in [0, 0.1) is 6.92 Å².